The minimum Gasteiger partial charge on any atom is -0.356 e. The summed E-state index contributed by atoms with van der Waals surface area (Å²) in [6, 6.07) is 5.92. The van der Waals surface area contributed by atoms with Crippen molar-refractivity contribution in [2.24, 2.45) is 0 Å². The van der Waals surface area contributed by atoms with Crippen molar-refractivity contribution in [1.29, 1.82) is 0 Å². The number of alkyl halides is 3. The summed E-state index contributed by atoms with van der Waals surface area (Å²) in [4.78, 5) is 12.1. The van der Waals surface area contributed by atoms with Crippen LogP contribution in [0.5, 0.6) is 0 Å². The Labute approximate surface area is 136 Å². The van der Waals surface area contributed by atoms with Crippen molar-refractivity contribution in [1.82, 2.24) is 9.78 Å². The summed E-state index contributed by atoms with van der Waals surface area (Å²) < 4.78 is 44.4. The fraction of sp³-hybridized carbons (Fsp3) is 0.375. The normalized spacial score (nSPS) is 18.4. The molecule has 1 N–H and O–H groups in total. The van der Waals surface area contributed by atoms with Crippen LogP contribution in [0.4, 0.5) is 24.5 Å². The summed E-state index contributed by atoms with van der Waals surface area (Å²) in [7, 11) is 0. The number of aromatic nitrogens is 2. The number of anilines is 2. The molecule has 0 radical (unpaired) electrons. The average Bonchev–Trinajstić information content (AvgIpc) is 2.55. The van der Waals surface area contributed by atoms with Crippen molar-refractivity contribution in [3.05, 3.63) is 52.4 Å². The Morgan fingerprint density at radius 2 is 1.92 bits per heavy atom. The minimum atomic E-state index is -4.37. The molecule has 1 saturated heterocycles. The largest absolute Gasteiger partial charge is 0.416 e. The molecule has 24 heavy (non-hydrogen) atoms. The van der Waals surface area contributed by atoms with Crippen molar-refractivity contribution in [2.45, 2.75) is 31.7 Å². The van der Waals surface area contributed by atoms with Gasteiger partial charge in [0, 0.05) is 18.4 Å². The van der Waals surface area contributed by atoms with E-state index in [0.29, 0.717) is 18.0 Å². The van der Waals surface area contributed by atoms with Gasteiger partial charge < -0.3 is 10.1 Å². The minimum absolute atomic E-state index is 0.321. The van der Waals surface area contributed by atoms with Gasteiger partial charge in [-0.2, -0.15) is 18.3 Å². The molecule has 1 atom stereocenters. The van der Waals surface area contributed by atoms with Gasteiger partial charge in [-0.05, 0) is 43.5 Å². The van der Waals surface area contributed by atoms with E-state index in [2.05, 4.69) is 10.4 Å². The van der Waals surface area contributed by atoms with Crippen LogP contribution in [0.1, 0.15) is 31.1 Å². The van der Waals surface area contributed by atoms with Crippen molar-refractivity contribution in [2.75, 3.05) is 11.9 Å². The lowest BCUT2D eigenvalue weighted by Gasteiger charge is -2.23. The molecular formula is C16H16F3N3O2. The van der Waals surface area contributed by atoms with Gasteiger partial charge in [0.25, 0.3) is 5.56 Å². The molecule has 1 aliphatic heterocycles. The summed E-state index contributed by atoms with van der Waals surface area (Å²) in [5.74, 6) is 0. The Morgan fingerprint density at radius 1 is 1.17 bits per heavy atom. The smallest absolute Gasteiger partial charge is 0.356 e. The van der Waals surface area contributed by atoms with Gasteiger partial charge >= 0.3 is 6.18 Å². The van der Waals surface area contributed by atoms with E-state index in [9.17, 15) is 18.0 Å². The summed E-state index contributed by atoms with van der Waals surface area (Å²) >= 11 is 0. The standard InChI is InChI=1S/C16H16F3N3O2/c17-16(18,19)11-4-6-12(7-5-11)21-13-9-14(23)22(20-10-13)15-3-1-2-8-24-15/h4-7,9-10,15,21H,1-3,8H2. The molecule has 128 valence electrons. The second-order valence-electron chi connectivity index (χ2n) is 5.55. The van der Waals surface area contributed by atoms with Crippen LogP contribution in [-0.4, -0.2) is 16.4 Å². The lowest BCUT2D eigenvalue weighted by Crippen LogP contribution is -2.30. The molecular weight excluding hydrogens is 323 g/mol. The molecule has 3 rings (SSSR count). The zero-order valence-electron chi connectivity index (χ0n) is 12.7. The van der Waals surface area contributed by atoms with Gasteiger partial charge in [0.15, 0.2) is 6.23 Å². The molecule has 1 unspecified atom stereocenters. The number of ether oxygens (including phenoxy) is 1. The quantitative estimate of drug-likeness (QED) is 0.926. The lowest BCUT2D eigenvalue weighted by molar-refractivity contribution is -0.137. The molecule has 2 heterocycles. The SMILES string of the molecule is O=c1cc(Nc2ccc(C(F)(F)F)cc2)cnn1C1CCCCO1. The summed E-state index contributed by atoms with van der Waals surface area (Å²) in [6.45, 7) is 0.602. The first-order valence-electron chi connectivity index (χ1n) is 7.58. The molecule has 1 aromatic heterocycles. The highest BCUT2D eigenvalue weighted by atomic mass is 19.4. The number of halogens is 3. The number of benzene rings is 1. The van der Waals surface area contributed by atoms with Gasteiger partial charge in [-0.15, -0.1) is 0 Å². The second-order valence-corrected chi connectivity index (χ2v) is 5.55. The lowest BCUT2D eigenvalue weighted by atomic mass is 10.2. The maximum absolute atomic E-state index is 12.5. The maximum Gasteiger partial charge on any atom is 0.416 e. The van der Waals surface area contributed by atoms with E-state index in [0.717, 1.165) is 31.4 Å². The third kappa shape index (κ3) is 3.76. The molecule has 0 amide bonds. The van der Waals surface area contributed by atoms with E-state index in [4.69, 9.17) is 4.74 Å². The highest BCUT2D eigenvalue weighted by molar-refractivity contribution is 5.58. The van der Waals surface area contributed by atoms with Crippen molar-refractivity contribution < 1.29 is 17.9 Å². The number of nitrogens with one attached hydrogen (secondary N) is 1. The summed E-state index contributed by atoms with van der Waals surface area (Å²) in [6.07, 6.45) is -0.592. The van der Waals surface area contributed by atoms with Gasteiger partial charge in [-0.1, -0.05) is 0 Å². The summed E-state index contributed by atoms with van der Waals surface area (Å²) in [5, 5.41) is 6.96. The Hall–Kier alpha value is -2.35. The third-order valence-electron chi connectivity index (χ3n) is 3.76. The van der Waals surface area contributed by atoms with Gasteiger partial charge in [0.1, 0.15) is 0 Å². The van der Waals surface area contributed by atoms with Crippen LogP contribution in [0.25, 0.3) is 0 Å². The fourth-order valence-electron chi connectivity index (χ4n) is 2.53. The molecule has 1 aliphatic rings. The third-order valence-corrected chi connectivity index (χ3v) is 3.76. The van der Waals surface area contributed by atoms with Crippen LogP contribution >= 0.6 is 0 Å². The molecule has 0 spiro atoms. The highest BCUT2D eigenvalue weighted by Gasteiger charge is 2.29. The number of hydrogen-bond acceptors (Lipinski definition) is 4. The molecule has 8 heteroatoms. The Balaban J connectivity index is 1.74. The molecule has 1 aromatic carbocycles. The van der Waals surface area contributed by atoms with Crippen molar-refractivity contribution >= 4 is 11.4 Å². The first-order valence-corrected chi connectivity index (χ1v) is 7.58. The summed E-state index contributed by atoms with van der Waals surface area (Å²) in [5.41, 5.74) is -0.197. The first-order chi connectivity index (χ1) is 11.4. The molecule has 2 aromatic rings. The van der Waals surface area contributed by atoms with Crippen LogP contribution in [0.15, 0.2) is 41.3 Å². The number of nitrogens with zero attached hydrogens (tertiary/aromatic N) is 2. The molecule has 0 aliphatic carbocycles. The Morgan fingerprint density at radius 3 is 2.50 bits per heavy atom. The van der Waals surface area contributed by atoms with E-state index in [1.165, 1.54) is 29.1 Å². The Kier molecular flexibility index (Phi) is 4.57. The molecule has 1 fully saturated rings. The molecule has 5 nitrogen and oxygen atoms in total. The topological polar surface area (TPSA) is 56.2 Å². The first kappa shape index (κ1) is 16.5. The van der Waals surface area contributed by atoms with E-state index in [1.807, 2.05) is 0 Å². The second kappa shape index (κ2) is 6.64. The predicted octanol–water partition coefficient (Wildman–Crippen LogP) is 3.70. The van der Waals surface area contributed by atoms with Gasteiger partial charge in [-0.25, -0.2) is 4.68 Å². The fourth-order valence-corrected chi connectivity index (χ4v) is 2.53. The Bertz CT molecular complexity index is 750. The number of rotatable bonds is 3. The van der Waals surface area contributed by atoms with E-state index < -0.39 is 11.7 Å². The van der Waals surface area contributed by atoms with Crippen LogP contribution in [0.3, 0.4) is 0 Å². The monoisotopic (exact) mass is 339 g/mol. The van der Waals surface area contributed by atoms with Crippen LogP contribution < -0.4 is 10.9 Å². The van der Waals surface area contributed by atoms with Crippen molar-refractivity contribution in [3.8, 4) is 0 Å². The van der Waals surface area contributed by atoms with E-state index in [-0.39, 0.29) is 11.8 Å². The van der Waals surface area contributed by atoms with Gasteiger partial charge in [0.2, 0.25) is 0 Å². The van der Waals surface area contributed by atoms with Crippen molar-refractivity contribution in [3.63, 3.8) is 0 Å². The van der Waals surface area contributed by atoms with Gasteiger partial charge in [-0.3, -0.25) is 4.79 Å². The average molecular weight is 339 g/mol. The van der Waals surface area contributed by atoms with Gasteiger partial charge in [0.05, 0.1) is 17.4 Å². The molecule has 0 saturated carbocycles. The zero-order valence-corrected chi connectivity index (χ0v) is 12.7. The van der Waals surface area contributed by atoms with Crippen LogP contribution in [-0.2, 0) is 10.9 Å². The van der Waals surface area contributed by atoms with E-state index >= 15 is 0 Å². The maximum atomic E-state index is 12.5. The van der Waals surface area contributed by atoms with E-state index in [1.54, 1.807) is 0 Å². The van der Waals surface area contributed by atoms with Crippen LogP contribution in [0, 0.1) is 0 Å². The molecule has 0 bridgehead atoms. The highest BCUT2D eigenvalue weighted by Crippen LogP contribution is 2.30. The number of hydrogen-bond donors (Lipinski definition) is 1. The van der Waals surface area contributed by atoms with Crippen LogP contribution in [0.2, 0.25) is 0 Å². The zero-order chi connectivity index (χ0) is 17.2. The predicted molar refractivity (Wildman–Crippen MR) is 82.1 cm³/mol.